The van der Waals surface area contributed by atoms with Crippen molar-refractivity contribution in [1.29, 1.82) is 0 Å². The number of esters is 1. The molecule has 1 aromatic carbocycles. The predicted octanol–water partition coefficient (Wildman–Crippen LogP) is 3.71. The molecule has 140 valence electrons. The van der Waals surface area contributed by atoms with Crippen molar-refractivity contribution in [2.45, 2.75) is 51.0 Å². The number of carbonyl (C=O) groups excluding carboxylic acids is 2. The monoisotopic (exact) mass is 467 g/mol. The Kier molecular flexibility index (Phi) is 5.01. The van der Waals surface area contributed by atoms with Crippen LogP contribution in [0.5, 0.6) is 0 Å². The zero-order valence-corrected chi connectivity index (χ0v) is 17.3. The van der Waals surface area contributed by atoms with Crippen LogP contribution in [0.1, 0.15) is 44.1 Å². The molecule has 0 saturated heterocycles. The van der Waals surface area contributed by atoms with E-state index in [0.717, 1.165) is 28.4 Å². The van der Waals surface area contributed by atoms with Crippen LogP contribution in [-0.4, -0.2) is 25.0 Å². The summed E-state index contributed by atoms with van der Waals surface area (Å²) in [6.07, 6.45) is 7.38. The summed E-state index contributed by atoms with van der Waals surface area (Å²) in [5.74, 6) is 1.85. The third-order valence-corrected chi connectivity index (χ3v) is 7.38. The summed E-state index contributed by atoms with van der Waals surface area (Å²) in [5.41, 5.74) is 0.791. The fourth-order valence-corrected chi connectivity index (χ4v) is 6.25. The molecule has 1 N–H and O–H groups in total. The fraction of sp³-hybridized carbons (Fsp3) is 0.619. The number of nitrogens with one attached hydrogen (secondary N) is 1. The van der Waals surface area contributed by atoms with Gasteiger partial charge in [-0.05, 0) is 96.6 Å². The lowest BCUT2D eigenvalue weighted by Crippen LogP contribution is -2.56. The molecule has 0 heterocycles. The molecule has 1 amide bonds. The average Bonchev–Trinajstić information content (AvgIpc) is 2.61. The molecule has 26 heavy (non-hydrogen) atoms. The van der Waals surface area contributed by atoms with Crippen LogP contribution >= 0.6 is 22.6 Å². The predicted molar refractivity (Wildman–Crippen MR) is 107 cm³/mol. The minimum Gasteiger partial charge on any atom is -0.467 e. The Morgan fingerprint density at radius 3 is 2.15 bits per heavy atom. The molecule has 0 spiro atoms. The lowest BCUT2D eigenvalue weighted by molar-refractivity contribution is -0.152. The van der Waals surface area contributed by atoms with Gasteiger partial charge < -0.3 is 10.1 Å². The molecule has 1 aromatic rings. The highest BCUT2D eigenvalue weighted by molar-refractivity contribution is 14.1. The number of rotatable bonds is 5. The zero-order chi connectivity index (χ0) is 18.3. The summed E-state index contributed by atoms with van der Waals surface area (Å²) in [4.78, 5) is 25.6. The molecule has 4 nitrogen and oxygen atoms in total. The standard InChI is InChI=1S/C21H26INO3/c1-26-19(24)18(9-13-2-4-17(22)5-3-13)23-20(25)21-10-14-6-15(11-21)8-16(7-14)12-21/h2-5,14-16,18H,6-12H2,1H3,(H,23,25)/t14?,15?,16?,18-,21?/m0/s1. The lowest BCUT2D eigenvalue weighted by Gasteiger charge is -2.55. The van der Waals surface area contributed by atoms with Crippen molar-refractivity contribution < 1.29 is 14.3 Å². The topological polar surface area (TPSA) is 55.4 Å². The van der Waals surface area contributed by atoms with Crippen molar-refractivity contribution in [3.63, 3.8) is 0 Å². The smallest absolute Gasteiger partial charge is 0.328 e. The molecule has 0 aromatic heterocycles. The Hall–Kier alpha value is -1.11. The van der Waals surface area contributed by atoms with E-state index in [1.165, 1.54) is 26.4 Å². The first-order valence-corrected chi connectivity index (χ1v) is 10.7. The third-order valence-electron chi connectivity index (χ3n) is 6.66. The quantitative estimate of drug-likeness (QED) is 0.531. The summed E-state index contributed by atoms with van der Waals surface area (Å²) in [6, 6.07) is 7.44. The Morgan fingerprint density at radius 2 is 1.65 bits per heavy atom. The molecule has 0 aliphatic heterocycles. The maximum absolute atomic E-state index is 13.3. The van der Waals surface area contributed by atoms with Crippen LogP contribution in [0, 0.1) is 26.7 Å². The summed E-state index contributed by atoms with van der Waals surface area (Å²) in [5, 5.41) is 3.07. The van der Waals surface area contributed by atoms with Gasteiger partial charge in [-0.15, -0.1) is 0 Å². The molecule has 4 bridgehead atoms. The van der Waals surface area contributed by atoms with Crippen LogP contribution in [0.2, 0.25) is 0 Å². The first-order valence-electron chi connectivity index (χ1n) is 9.61. The van der Waals surface area contributed by atoms with Crippen molar-refractivity contribution in [3.8, 4) is 0 Å². The van der Waals surface area contributed by atoms with Gasteiger partial charge >= 0.3 is 5.97 Å². The van der Waals surface area contributed by atoms with Gasteiger partial charge in [0.05, 0.1) is 7.11 Å². The van der Waals surface area contributed by atoms with Gasteiger partial charge in [0.25, 0.3) is 0 Å². The van der Waals surface area contributed by atoms with Gasteiger partial charge in [0.15, 0.2) is 0 Å². The summed E-state index contributed by atoms with van der Waals surface area (Å²) < 4.78 is 6.12. The summed E-state index contributed by atoms with van der Waals surface area (Å²) >= 11 is 2.26. The van der Waals surface area contributed by atoms with Crippen LogP contribution in [0.4, 0.5) is 0 Å². The summed E-state index contributed by atoms with van der Waals surface area (Å²) in [6.45, 7) is 0. The highest BCUT2D eigenvalue weighted by Crippen LogP contribution is 2.60. The number of benzene rings is 1. The van der Waals surface area contributed by atoms with Gasteiger partial charge in [-0.3, -0.25) is 4.79 Å². The molecule has 4 fully saturated rings. The lowest BCUT2D eigenvalue weighted by atomic mass is 9.49. The summed E-state index contributed by atoms with van der Waals surface area (Å²) in [7, 11) is 1.39. The van der Waals surface area contributed by atoms with Crippen molar-refractivity contribution in [2.75, 3.05) is 7.11 Å². The number of halogens is 1. The molecule has 0 radical (unpaired) electrons. The molecule has 4 saturated carbocycles. The Bertz CT molecular complexity index is 664. The van der Waals surface area contributed by atoms with E-state index < -0.39 is 6.04 Å². The molecule has 5 rings (SSSR count). The van der Waals surface area contributed by atoms with E-state index in [1.54, 1.807) is 0 Å². The SMILES string of the molecule is COC(=O)[C@H](Cc1ccc(I)cc1)NC(=O)C12CC3CC(CC(C3)C1)C2. The van der Waals surface area contributed by atoms with Crippen LogP contribution < -0.4 is 5.32 Å². The second-order valence-corrected chi connectivity index (χ2v) is 9.82. The van der Waals surface area contributed by atoms with Crippen molar-refractivity contribution in [2.24, 2.45) is 23.2 Å². The number of hydrogen-bond acceptors (Lipinski definition) is 3. The van der Waals surface area contributed by atoms with Crippen molar-refractivity contribution >= 4 is 34.5 Å². The maximum Gasteiger partial charge on any atom is 0.328 e. The Balaban J connectivity index is 1.49. The van der Waals surface area contributed by atoms with E-state index in [0.29, 0.717) is 24.2 Å². The molecule has 4 aliphatic rings. The molecular weight excluding hydrogens is 441 g/mol. The van der Waals surface area contributed by atoms with Crippen LogP contribution in [-0.2, 0) is 20.7 Å². The van der Waals surface area contributed by atoms with E-state index >= 15 is 0 Å². The van der Waals surface area contributed by atoms with Crippen LogP contribution in [0.15, 0.2) is 24.3 Å². The van der Waals surface area contributed by atoms with Gasteiger partial charge in [-0.2, -0.15) is 0 Å². The number of hydrogen-bond donors (Lipinski definition) is 1. The number of methoxy groups -OCH3 is 1. The van der Waals surface area contributed by atoms with Gasteiger partial charge in [0, 0.05) is 15.4 Å². The maximum atomic E-state index is 13.3. The minimum atomic E-state index is -0.611. The second-order valence-electron chi connectivity index (χ2n) is 8.58. The van der Waals surface area contributed by atoms with E-state index in [9.17, 15) is 9.59 Å². The average molecular weight is 467 g/mol. The minimum absolute atomic E-state index is 0.0810. The zero-order valence-electron chi connectivity index (χ0n) is 15.2. The molecule has 0 unspecified atom stereocenters. The first kappa shape index (κ1) is 18.3. The highest BCUT2D eigenvalue weighted by atomic mass is 127. The van der Waals surface area contributed by atoms with Gasteiger partial charge in [0.2, 0.25) is 5.91 Å². The van der Waals surface area contributed by atoms with E-state index in [-0.39, 0.29) is 17.3 Å². The van der Waals surface area contributed by atoms with Crippen LogP contribution in [0.25, 0.3) is 0 Å². The Labute approximate surface area is 168 Å². The largest absolute Gasteiger partial charge is 0.467 e. The number of ether oxygens (including phenoxy) is 1. The Morgan fingerprint density at radius 1 is 1.12 bits per heavy atom. The second kappa shape index (κ2) is 7.13. The normalized spacial score (nSPS) is 32.9. The van der Waals surface area contributed by atoms with E-state index in [1.807, 2.05) is 24.3 Å². The van der Waals surface area contributed by atoms with Gasteiger partial charge in [0.1, 0.15) is 6.04 Å². The number of carbonyl (C=O) groups is 2. The number of amides is 1. The van der Waals surface area contributed by atoms with Gasteiger partial charge in [-0.1, -0.05) is 12.1 Å². The first-order chi connectivity index (χ1) is 12.5. The molecule has 1 atom stereocenters. The van der Waals surface area contributed by atoms with E-state index in [2.05, 4.69) is 27.9 Å². The highest BCUT2D eigenvalue weighted by Gasteiger charge is 2.54. The molecule has 4 aliphatic carbocycles. The van der Waals surface area contributed by atoms with E-state index in [4.69, 9.17) is 4.74 Å². The van der Waals surface area contributed by atoms with Crippen molar-refractivity contribution in [1.82, 2.24) is 5.32 Å². The fourth-order valence-electron chi connectivity index (χ4n) is 5.89. The molecule has 5 heteroatoms. The van der Waals surface area contributed by atoms with Gasteiger partial charge in [-0.25, -0.2) is 4.79 Å². The third kappa shape index (κ3) is 3.51. The van der Waals surface area contributed by atoms with Crippen molar-refractivity contribution in [3.05, 3.63) is 33.4 Å². The molecular formula is C21H26INO3. The van der Waals surface area contributed by atoms with Crippen LogP contribution in [0.3, 0.4) is 0 Å².